The van der Waals surface area contributed by atoms with Gasteiger partial charge in [-0.1, -0.05) is 41.7 Å². The molecule has 6 nitrogen and oxygen atoms in total. The first-order valence-electron chi connectivity index (χ1n) is 6.73. The number of ether oxygens (including phenoxy) is 1. The minimum Gasteiger partial charge on any atom is -0.478 e. The van der Waals surface area contributed by atoms with Crippen LogP contribution in [0.4, 0.5) is 9.93 Å². The van der Waals surface area contributed by atoms with Crippen LogP contribution in [0.1, 0.15) is 15.9 Å². The van der Waals surface area contributed by atoms with Crippen LogP contribution in [0.2, 0.25) is 0 Å². The molecule has 0 aliphatic heterocycles. The molecule has 23 heavy (non-hydrogen) atoms. The lowest BCUT2D eigenvalue weighted by molar-refractivity contribution is 0.0697. The van der Waals surface area contributed by atoms with Gasteiger partial charge in [-0.25, -0.2) is 14.6 Å². The van der Waals surface area contributed by atoms with Crippen LogP contribution in [0, 0.1) is 0 Å². The summed E-state index contributed by atoms with van der Waals surface area (Å²) in [6.45, 7) is 0.167. The van der Waals surface area contributed by atoms with Crippen molar-refractivity contribution in [3.8, 4) is 0 Å². The first-order valence-corrected chi connectivity index (χ1v) is 7.55. The monoisotopic (exact) mass is 328 g/mol. The number of carboxylic acid groups (broad SMARTS) is 1. The minimum absolute atomic E-state index is 0.167. The zero-order valence-electron chi connectivity index (χ0n) is 11.9. The summed E-state index contributed by atoms with van der Waals surface area (Å²) in [4.78, 5) is 26.9. The van der Waals surface area contributed by atoms with Gasteiger partial charge in [-0.2, -0.15) is 0 Å². The van der Waals surface area contributed by atoms with E-state index in [-0.39, 0.29) is 12.2 Å². The Hall–Kier alpha value is -2.93. The van der Waals surface area contributed by atoms with Crippen LogP contribution in [0.5, 0.6) is 0 Å². The summed E-state index contributed by atoms with van der Waals surface area (Å²) in [5.74, 6) is -1.00. The molecule has 1 amide bonds. The van der Waals surface area contributed by atoms with E-state index in [0.717, 1.165) is 5.56 Å². The molecule has 0 aliphatic carbocycles. The Morgan fingerprint density at radius 2 is 1.96 bits per heavy atom. The lowest BCUT2D eigenvalue weighted by Crippen LogP contribution is -2.13. The molecular formula is C16H12N2O4S. The molecule has 0 saturated heterocycles. The third-order valence-corrected chi connectivity index (χ3v) is 3.99. The maximum Gasteiger partial charge on any atom is 0.413 e. The largest absolute Gasteiger partial charge is 0.478 e. The molecule has 0 saturated carbocycles. The number of benzene rings is 2. The highest BCUT2D eigenvalue weighted by molar-refractivity contribution is 7.22. The second-order valence-electron chi connectivity index (χ2n) is 4.69. The van der Waals surface area contributed by atoms with E-state index >= 15 is 0 Å². The number of nitrogens with one attached hydrogen (secondary N) is 1. The molecule has 0 spiro atoms. The fourth-order valence-corrected chi connectivity index (χ4v) is 2.85. The van der Waals surface area contributed by atoms with Crippen LogP contribution < -0.4 is 5.32 Å². The van der Waals surface area contributed by atoms with Crippen molar-refractivity contribution in [3.63, 3.8) is 0 Å². The Morgan fingerprint density at radius 1 is 1.17 bits per heavy atom. The number of carbonyl (C=O) groups is 2. The summed E-state index contributed by atoms with van der Waals surface area (Å²) in [5, 5.41) is 11.9. The number of fused-ring (bicyclic) bond motifs is 1. The Kier molecular flexibility index (Phi) is 4.20. The van der Waals surface area contributed by atoms with E-state index in [2.05, 4.69) is 10.3 Å². The third kappa shape index (κ3) is 3.64. The standard InChI is InChI=1S/C16H12N2O4S/c19-14(20)11-6-7-12-13(8-11)23-15(17-12)18-16(21)22-9-10-4-2-1-3-5-10/h1-8H,9H2,(H,19,20)(H,17,18,21). The number of thiazole rings is 1. The van der Waals surface area contributed by atoms with Gasteiger partial charge in [0.25, 0.3) is 0 Å². The lowest BCUT2D eigenvalue weighted by atomic mass is 10.2. The molecule has 0 atom stereocenters. The van der Waals surface area contributed by atoms with Crippen LogP contribution in [0.3, 0.4) is 0 Å². The first kappa shape index (κ1) is 15.0. The van der Waals surface area contributed by atoms with E-state index < -0.39 is 12.1 Å². The molecule has 0 unspecified atom stereocenters. The molecule has 2 N–H and O–H groups in total. The van der Waals surface area contributed by atoms with E-state index in [1.165, 1.54) is 23.5 Å². The van der Waals surface area contributed by atoms with Crippen molar-refractivity contribution < 1.29 is 19.4 Å². The van der Waals surface area contributed by atoms with Gasteiger partial charge in [0.1, 0.15) is 6.61 Å². The van der Waals surface area contributed by atoms with Gasteiger partial charge < -0.3 is 9.84 Å². The molecule has 7 heteroatoms. The van der Waals surface area contributed by atoms with E-state index in [1.54, 1.807) is 6.07 Å². The minimum atomic E-state index is -1.00. The quantitative estimate of drug-likeness (QED) is 0.761. The van der Waals surface area contributed by atoms with E-state index in [4.69, 9.17) is 9.84 Å². The average molecular weight is 328 g/mol. The lowest BCUT2D eigenvalue weighted by Gasteiger charge is -2.04. The normalized spacial score (nSPS) is 10.4. The summed E-state index contributed by atoms with van der Waals surface area (Å²) in [5.41, 5.74) is 1.69. The van der Waals surface area contributed by atoms with Crippen LogP contribution in [0.25, 0.3) is 10.2 Å². The Bertz CT molecular complexity index is 861. The molecule has 3 aromatic rings. The number of nitrogens with zero attached hydrogens (tertiary/aromatic N) is 1. The molecule has 0 aliphatic rings. The SMILES string of the molecule is O=C(Nc1nc2ccc(C(=O)O)cc2s1)OCc1ccccc1. The highest BCUT2D eigenvalue weighted by atomic mass is 32.1. The number of hydrogen-bond acceptors (Lipinski definition) is 5. The van der Waals surface area contributed by atoms with Gasteiger partial charge in [0, 0.05) is 0 Å². The smallest absolute Gasteiger partial charge is 0.413 e. The Labute approximate surface area is 135 Å². The van der Waals surface area contributed by atoms with Crippen LogP contribution in [-0.4, -0.2) is 22.2 Å². The highest BCUT2D eigenvalue weighted by Gasteiger charge is 2.11. The fraction of sp³-hybridized carbons (Fsp3) is 0.0625. The van der Waals surface area contributed by atoms with Gasteiger partial charge >= 0.3 is 12.1 Å². The summed E-state index contributed by atoms with van der Waals surface area (Å²) in [7, 11) is 0. The zero-order valence-corrected chi connectivity index (χ0v) is 12.7. The Morgan fingerprint density at radius 3 is 2.70 bits per heavy atom. The van der Waals surface area contributed by atoms with Crippen molar-refractivity contribution in [2.45, 2.75) is 6.61 Å². The van der Waals surface area contributed by atoms with Crippen molar-refractivity contribution >= 4 is 38.7 Å². The predicted molar refractivity (Wildman–Crippen MR) is 86.8 cm³/mol. The van der Waals surface area contributed by atoms with Crippen LogP contribution >= 0.6 is 11.3 Å². The predicted octanol–water partition coefficient (Wildman–Crippen LogP) is 3.74. The maximum absolute atomic E-state index is 11.8. The zero-order chi connectivity index (χ0) is 16.2. The topological polar surface area (TPSA) is 88.5 Å². The molecule has 1 aromatic heterocycles. The van der Waals surface area contributed by atoms with Gasteiger partial charge in [0.2, 0.25) is 0 Å². The number of amides is 1. The number of rotatable bonds is 4. The number of aromatic nitrogens is 1. The summed E-state index contributed by atoms with van der Waals surface area (Å²) >= 11 is 1.19. The number of aromatic carboxylic acids is 1. The van der Waals surface area contributed by atoms with Crippen molar-refractivity contribution in [2.75, 3.05) is 5.32 Å². The summed E-state index contributed by atoms with van der Waals surface area (Å²) in [6.07, 6.45) is -0.605. The molecule has 2 aromatic carbocycles. The average Bonchev–Trinajstić information content (AvgIpc) is 2.95. The van der Waals surface area contributed by atoms with E-state index in [9.17, 15) is 9.59 Å². The number of carboxylic acids is 1. The van der Waals surface area contributed by atoms with E-state index in [0.29, 0.717) is 15.3 Å². The van der Waals surface area contributed by atoms with Gasteiger partial charge in [-0.15, -0.1) is 0 Å². The summed E-state index contributed by atoms with van der Waals surface area (Å²) < 4.78 is 5.80. The highest BCUT2D eigenvalue weighted by Crippen LogP contribution is 2.27. The maximum atomic E-state index is 11.8. The van der Waals surface area contributed by atoms with Crippen LogP contribution in [-0.2, 0) is 11.3 Å². The third-order valence-electron chi connectivity index (χ3n) is 3.06. The number of anilines is 1. The van der Waals surface area contributed by atoms with E-state index in [1.807, 2.05) is 30.3 Å². The number of carbonyl (C=O) groups excluding carboxylic acids is 1. The van der Waals surface area contributed by atoms with Crippen LogP contribution in [0.15, 0.2) is 48.5 Å². The second kappa shape index (κ2) is 6.45. The first-order chi connectivity index (χ1) is 11.1. The fourth-order valence-electron chi connectivity index (χ4n) is 1.96. The van der Waals surface area contributed by atoms with Gasteiger partial charge in [-0.05, 0) is 23.8 Å². The summed E-state index contributed by atoms with van der Waals surface area (Å²) in [6, 6.07) is 13.9. The Balaban J connectivity index is 1.66. The molecule has 0 radical (unpaired) electrons. The van der Waals surface area contributed by atoms with Gasteiger partial charge in [0.15, 0.2) is 5.13 Å². The molecule has 0 bridgehead atoms. The molecule has 1 heterocycles. The molecule has 3 rings (SSSR count). The second-order valence-corrected chi connectivity index (χ2v) is 5.72. The molecule has 0 fully saturated rings. The molecule has 116 valence electrons. The van der Waals surface area contributed by atoms with Crippen molar-refractivity contribution in [1.29, 1.82) is 0 Å². The van der Waals surface area contributed by atoms with Crippen molar-refractivity contribution in [3.05, 3.63) is 59.7 Å². The molecular weight excluding hydrogens is 316 g/mol. The van der Waals surface area contributed by atoms with Gasteiger partial charge in [0.05, 0.1) is 15.8 Å². The van der Waals surface area contributed by atoms with Crippen molar-refractivity contribution in [2.24, 2.45) is 0 Å². The number of hydrogen-bond donors (Lipinski definition) is 2. The van der Waals surface area contributed by atoms with Gasteiger partial charge in [-0.3, -0.25) is 5.32 Å². The van der Waals surface area contributed by atoms with Crippen molar-refractivity contribution in [1.82, 2.24) is 4.98 Å².